The smallest absolute Gasteiger partial charge is 0.336 e. The minimum Gasteiger partial charge on any atom is -0.478 e. The quantitative estimate of drug-likeness (QED) is 0.855. The molecule has 1 saturated carbocycles. The zero-order chi connectivity index (χ0) is 13.8. The van der Waals surface area contributed by atoms with E-state index in [0.29, 0.717) is 16.1 Å². The topological polar surface area (TPSA) is 49.3 Å². The molecular weight excluding hydrogens is 306 g/mol. The summed E-state index contributed by atoms with van der Waals surface area (Å²) in [4.78, 5) is 10.9. The molecule has 19 heavy (non-hydrogen) atoms. The van der Waals surface area contributed by atoms with Gasteiger partial charge in [-0.05, 0) is 65.7 Å². The second kappa shape index (κ2) is 6.42. The highest BCUT2D eigenvalue weighted by molar-refractivity contribution is 9.10. The Morgan fingerprint density at radius 2 is 2.05 bits per heavy atom. The zero-order valence-corrected chi connectivity index (χ0v) is 12.7. The number of carboxylic acid groups (broad SMARTS) is 1. The first-order chi connectivity index (χ1) is 9.10. The molecule has 0 radical (unpaired) electrons. The maximum atomic E-state index is 10.9. The molecule has 1 aromatic rings. The van der Waals surface area contributed by atoms with E-state index >= 15 is 0 Å². The molecule has 1 aliphatic rings. The summed E-state index contributed by atoms with van der Waals surface area (Å²) in [7, 11) is 0. The van der Waals surface area contributed by atoms with Crippen LogP contribution >= 0.6 is 15.9 Å². The van der Waals surface area contributed by atoms with Gasteiger partial charge in [0.2, 0.25) is 0 Å². The normalized spacial score (nSPS) is 23.1. The maximum absolute atomic E-state index is 10.9. The zero-order valence-electron chi connectivity index (χ0n) is 11.2. The second-order valence-corrected chi connectivity index (χ2v) is 6.12. The molecule has 0 atom stereocenters. The third-order valence-corrected chi connectivity index (χ3v) is 4.65. The van der Waals surface area contributed by atoms with Crippen LogP contribution in [0.2, 0.25) is 0 Å². The number of nitrogens with one attached hydrogen (secondary N) is 1. The van der Waals surface area contributed by atoms with Crippen molar-refractivity contribution < 1.29 is 9.90 Å². The number of aromatic carboxylic acids is 1. The molecule has 0 heterocycles. The van der Waals surface area contributed by atoms with Crippen molar-refractivity contribution in [3.05, 3.63) is 28.2 Å². The molecule has 0 aromatic heterocycles. The molecule has 1 aromatic carbocycles. The van der Waals surface area contributed by atoms with Crippen LogP contribution in [0.3, 0.4) is 0 Å². The Bertz CT molecular complexity index is 453. The van der Waals surface area contributed by atoms with Gasteiger partial charge in [-0.15, -0.1) is 0 Å². The molecule has 3 nitrogen and oxygen atoms in total. The fraction of sp³-hybridized carbons (Fsp3) is 0.533. The van der Waals surface area contributed by atoms with Gasteiger partial charge in [-0.1, -0.05) is 13.3 Å². The monoisotopic (exact) mass is 325 g/mol. The van der Waals surface area contributed by atoms with Crippen molar-refractivity contribution in [2.45, 2.75) is 45.1 Å². The van der Waals surface area contributed by atoms with Crippen molar-refractivity contribution in [1.29, 1.82) is 0 Å². The fourth-order valence-corrected chi connectivity index (χ4v) is 3.28. The van der Waals surface area contributed by atoms with Gasteiger partial charge in [0, 0.05) is 16.2 Å². The van der Waals surface area contributed by atoms with Gasteiger partial charge in [-0.3, -0.25) is 0 Å². The number of hydrogen-bond donors (Lipinski definition) is 2. The van der Waals surface area contributed by atoms with Crippen LogP contribution in [0.25, 0.3) is 0 Å². The van der Waals surface area contributed by atoms with Crippen LogP contribution in [0.4, 0.5) is 5.69 Å². The molecule has 0 aliphatic heterocycles. The third kappa shape index (κ3) is 3.72. The lowest BCUT2D eigenvalue weighted by atomic mass is 9.84. The maximum Gasteiger partial charge on any atom is 0.336 e. The van der Waals surface area contributed by atoms with Crippen molar-refractivity contribution in [3.8, 4) is 0 Å². The predicted molar refractivity (Wildman–Crippen MR) is 80.8 cm³/mol. The Morgan fingerprint density at radius 3 is 2.58 bits per heavy atom. The van der Waals surface area contributed by atoms with Gasteiger partial charge in [-0.2, -0.15) is 0 Å². The van der Waals surface area contributed by atoms with Gasteiger partial charge in [0.05, 0.1) is 5.56 Å². The van der Waals surface area contributed by atoms with Crippen LogP contribution in [0.1, 0.15) is 49.4 Å². The Morgan fingerprint density at radius 1 is 1.37 bits per heavy atom. The average molecular weight is 326 g/mol. The Balaban J connectivity index is 1.97. The van der Waals surface area contributed by atoms with Crippen molar-refractivity contribution in [2.24, 2.45) is 5.92 Å². The van der Waals surface area contributed by atoms with Gasteiger partial charge in [0.15, 0.2) is 0 Å². The van der Waals surface area contributed by atoms with Gasteiger partial charge < -0.3 is 10.4 Å². The molecule has 4 heteroatoms. The van der Waals surface area contributed by atoms with E-state index in [1.165, 1.54) is 32.1 Å². The minimum absolute atomic E-state index is 0.306. The lowest BCUT2D eigenvalue weighted by Gasteiger charge is -2.29. The van der Waals surface area contributed by atoms with E-state index in [1.807, 2.05) is 12.1 Å². The molecule has 0 unspecified atom stereocenters. The van der Waals surface area contributed by atoms with Crippen molar-refractivity contribution >= 4 is 27.6 Å². The van der Waals surface area contributed by atoms with Crippen LogP contribution in [0.5, 0.6) is 0 Å². The SMILES string of the molecule is CCC1CCC(Nc2ccc(C(=O)O)c(Br)c2)CC1. The summed E-state index contributed by atoms with van der Waals surface area (Å²) >= 11 is 3.31. The standard InChI is InChI=1S/C15H20BrNO2/c1-2-10-3-5-11(6-4-10)17-12-7-8-13(15(18)19)14(16)9-12/h7-11,17H,2-6H2,1H3,(H,18,19). The first-order valence-electron chi connectivity index (χ1n) is 6.89. The van der Waals surface area contributed by atoms with Gasteiger partial charge in [-0.25, -0.2) is 4.79 Å². The van der Waals surface area contributed by atoms with Crippen LogP contribution in [0.15, 0.2) is 22.7 Å². The number of anilines is 1. The highest BCUT2D eigenvalue weighted by Gasteiger charge is 2.20. The summed E-state index contributed by atoms with van der Waals surface area (Å²) in [6.07, 6.45) is 6.28. The summed E-state index contributed by atoms with van der Waals surface area (Å²) in [5.74, 6) is -0.0129. The lowest BCUT2D eigenvalue weighted by Crippen LogP contribution is -2.25. The molecule has 0 amide bonds. The molecule has 104 valence electrons. The van der Waals surface area contributed by atoms with Gasteiger partial charge in [0.1, 0.15) is 0 Å². The van der Waals surface area contributed by atoms with Gasteiger partial charge in [0.25, 0.3) is 0 Å². The Labute approximate surface area is 122 Å². The first kappa shape index (κ1) is 14.4. The van der Waals surface area contributed by atoms with Crippen LogP contribution < -0.4 is 5.32 Å². The highest BCUT2D eigenvalue weighted by Crippen LogP contribution is 2.29. The molecular formula is C15H20BrNO2. The van der Waals surface area contributed by atoms with Crippen LogP contribution in [0, 0.1) is 5.92 Å². The minimum atomic E-state index is -0.901. The third-order valence-electron chi connectivity index (χ3n) is 3.99. The van der Waals surface area contributed by atoms with Crippen LogP contribution in [-0.2, 0) is 0 Å². The van der Waals surface area contributed by atoms with E-state index in [-0.39, 0.29) is 0 Å². The van der Waals surface area contributed by atoms with E-state index in [1.54, 1.807) is 6.07 Å². The Kier molecular flexibility index (Phi) is 4.86. The molecule has 0 saturated heterocycles. The van der Waals surface area contributed by atoms with Crippen molar-refractivity contribution in [3.63, 3.8) is 0 Å². The van der Waals surface area contributed by atoms with E-state index in [2.05, 4.69) is 28.2 Å². The summed E-state index contributed by atoms with van der Waals surface area (Å²) < 4.78 is 0.632. The lowest BCUT2D eigenvalue weighted by molar-refractivity contribution is 0.0696. The summed E-state index contributed by atoms with van der Waals surface area (Å²) in [6, 6.07) is 5.87. The molecule has 1 aliphatic carbocycles. The average Bonchev–Trinajstić information content (AvgIpc) is 2.39. The molecule has 2 rings (SSSR count). The van der Waals surface area contributed by atoms with E-state index in [4.69, 9.17) is 5.11 Å². The summed E-state index contributed by atoms with van der Waals surface area (Å²) in [5.41, 5.74) is 1.30. The first-order valence-corrected chi connectivity index (χ1v) is 7.68. The number of hydrogen-bond acceptors (Lipinski definition) is 2. The summed E-state index contributed by atoms with van der Waals surface area (Å²) in [6.45, 7) is 2.26. The molecule has 0 spiro atoms. The molecule has 0 bridgehead atoms. The van der Waals surface area contributed by atoms with Crippen molar-refractivity contribution in [2.75, 3.05) is 5.32 Å². The highest BCUT2D eigenvalue weighted by atomic mass is 79.9. The summed E-state index contributed by atoms with van der Waals surface area (Å²) in [5, 5.41) is 12.5. The Hall–Kier alpha value is -1.03. The van der Waals surface area contributed by atoms with Gasteiger partial charge >= 0.3 is 5.97 Å². The van der Waals surface area contributed by atoms with Crippen LogP contribution in [-0.4, -0.2) is 17.1 Å². The molecule has 1 fully saturated rings. The number of halogens is 1. The van der Waals surface area contributed by atoms with E-state index < -0.39 is 5.97 Å². The number of rotatable bonds is 4. The number of carbonyl (C=O) groups is 1. The largest absolute Gasteiger partial charge is 0.478 e. The van der Waals surface area contributed by atoms with E-state index in [9.17, 15) is 4.79 Å². The number of carboxylic acids is 1. The predicted octanol–water partition coefficient (Wildman–Crippen LogP) is 4.53. The molecule has 2 N–H and O–H groups in total. The number of benzene rings is 1. The second-order valence-electron chi connectivity index (χ2n) is 5.27. The van der Waals surface area contributed by atoms with Crippen molar-refractivity contribution in [1.82, 2.24) is 0 Å². The van der Waals surface area contributed by atoms with E-state index in [0.717, 1.165) is 11.6 Å². The fourth-order valence-electron chi connectivity index (χ4n) is 2.73.